The first kappa shape index (κ1) is 20.3. The lowest BCUT2D eigenvalue weighted by molar-refractivity contribution is -0.233. The Bertz CT molecular complexity index is 784. The zero-order valence-corrected chi connectivity index (χ0v) is 17.5. The highest BCUT2D eigenvalue weighted by molar-refractivity contribution is 5.68. The van der Waals surface area contributed by atoms with E-state index in [1.54, 1.807) is 0 Å². The van der Waals surface area contributed by atoms with Gasteiger partial charge in [0.1, 0.15) is 18.3 Å². The summed E-state index contributed by atoms with van der Waals surface area (Å²) in [6.45, 7) is 8.57. The van der Waals surface area contributed by atoms with Gasteiger partial charge in [0.05, 0.1) is 18.1 Å². The van der Waals surface area contributed by atoms with Crippen molar-refractivity contribution in [3.8, 4) is 0 Å². The molecule has 8 heteroatoms. The maximum Gasteiger partial charge on any atom is 0.303 e. The molecule has 29 heavy (non-hydrogen) atoms. The van der Waals surface area contributed by atoms with Crippen LogP contribution in [-0.2, 0) is 38.1 Å². The van der Waals surface area contributed by atoms with E-state index in [1.807, 2.05) is 13.8 Å². The summed E-state index contributed by atoms with van der Waals surface area (Å²) in [7, 11) is 0. The maximum absolute atomic E-state index is 12.0. The fourth-order valence-corrected chi connectivity index (χ4v) is 5.88. The molecule has 2 heterocycles. The Labute approximate surface area is 169 Å². The minimum atomic E-state index is -0.794. The normalized spacial score (nSPS) is 44.5. The topological polar surface area (TPSA) is 101 Å². The molecule has 0 amide bonds. The van der Waals surface area contributed by atoms with Crippen molar-refractivity contribution >= 4 is 17.9 Å². The van der Waals surface area contributed by atoms with Crippen molar-refractivity contribution in [2.45, 2.75) is 77.5 Å². The summed E-state index contributed by atoms with van der Waals surface area (Å²) in [5, 5.41) is 0. The summed E-state index contributed by atoms with van der Waals surface area (Å²) in [4.78, 5) is 35.6. The maximum atomic E-state index is 12.0. The van der Waals surface area contributed by atoms with E-state index in [-0.39, 0.29) is 18.7 Å². The molecule has 2 saturated heterocycles. The zero-order chi connectivity index (χ0) is 21.2. The van der Waals surface area contributed by atoms with Gasteiger partial charge in [-0.1, -0.05) is 18.6 Å². The summed E-state index contributed by atoms with van der Waals surface area (Å²) in [5.41, 5.74) is -1.04. The van der Waals surface area contributed by atoms with Crippen LogP contribution in [0.15, 0.2) is 11.6 Å². The summed E-state index contributed by atoms with van der Waals surface area (Å²) in [6, 6.07) is 0. The molecular formula is C21H28O8. The summed E-state index contributed by atoms with van der Waals surface area (Å²) in [6.07, 6.45) is 1.00. The molecule has 2 aliphatic heterocycles. The van der Waals surface area contributed by atoms with Crippen LogP contribution in [0.1, 0.15) is 47.5 Å². The molecule has 160 valence electrons. The minimum Gasteiger partial charge on any atom is -0.465 e. The lowest BCUT2D eigenvalue weighted by Gasteiger charge is -2.57. The fraction of sp³-hybridized carbons (Fsp3) is 0.762. The molecule has 0 aromatic heterocycles. The summed E-state index contributed by atoms with van der Waals surface area (Å²) >= 11 is 0. The monoisotopic (exact) mass is 408 g/mol. The highest BCUT2D eigenvalue weighted by Gasteiger charge is 2.86. The summed E-state index contributed by atoms with van der Waals surface area (Å²) in [5.74, 6) is -1.34. The van der Waals surface area contributed by atoms with E-state index in [0.29, 0.717) is 13.0 Å². The number of esters is 3. The lowest BCUT2D eigenvalue weighted by atomic mass is 9.51. The molecule has 3 fully saturated rings. The van der Waals surface area contributed by atoms with E-state index in [1.165, 1.54) is 26.3 Å². The van der Waals surface area contributed by atoms with Crippen molar-refractivity contribution in [1.29, 1.82) is 0 Å². The number of fused-ring (bicyclic) bond motifs is 2. The van der Waals surface area contributed by atoms with Gasteiger partial charge in [-0.25, -0.2) is 0 Å². The van der Waals surface area contributed by atoms with Gasteiger partial charge < -0.3 is 23.7 Å². The van der Waals surface area contributed by atoms with Crippen LogP contribution in [0.3, 0.4) is 0 Å². The molecule has 0 unspecified atom stereocenters. The van der Waals surface area contributed by atoms with E-state index in [2.05, 4.69) is 6.08 Å². The van der Waals surface area contributed by atoms with Gasteiger partial charge in [0, 0.05) is 26.2 Å². The molecule has 1 saturated carbocycles. The van der Waals surface area contributed by atoms with Crippen LogP contribution in [0.25, 0.3) is 0 Å². The highest BCUT2D eigenvalue weighted by Crippen LogP contribution is 2.72. The zero-order valence-electron chi connectivity index (χ0n) is 17.5. The van der Waals surface area contributed by atoms with Gasteiger partial charge in [0.15, 0.2) is 12.2 Å². The second-order valence-electron chi connectivity index (χ2n) is 8.91. The second-order valence-corrected chi connectivity index (χ2v) is 8.91. The van der Waals surface area contributed by atoms with E-state index < -0.39 is 46.7 Å². The molecule has 7 atom stereocenters. The Kier molecular flexibility index (Phi) is 4.59. The van der Waals surface area contributed by atoms with Gasteiger partial charge in [0.2, 0.25) is 0 Å². The van der Waals surface area contributed by atoms with Crippen LogP contribution >= 0.6 is 0 Å². The average molecular weight is 408 g/mol. The first-order valence-corrected chi connectivity index (χ1v) is 10.0. The number of ether oxygens (including phenoxy) is 5. The minimum absolute atomic E-state index is 0.107. The van der Waals surface area contributed by atoms with Gasteiger partial charge in [-0.15, -0.1) is 0 Å². The third-order valence-electron chi connectivity index (χ3n) is 7.36. The van der Waals surface area contributed by atoms with E-state index in [4.69, 9.17) is 23.7 Å². The van der Waals surface area contributed by atoms with Crippen molar-refractivity contribution < 1.29 is 38.1 Å². The highest BCUT2D eigenvalue weighted by atomic mass is 16.7. The molecule has 8 nitrogen and oxygen atoms in total. The summed E-state index contributed by atoms with van der Waals surface area (Å²) < 4.78 is 29.4. The molecule has 4 rings (SSSR count). The van der Waals surface area contributed by atoms with Crippen LogP contribution in [0, 0.1) is 10.8 Å². The van der Waals surface area contributed by atoms with Crippen molar-refractivity contribution in [3.05, 3.63) is 11.6 Å². The van der Waals surface area contributed by atoms with Crippen molar-refractivity contribution in [2.24, 2.45) is 10.8 Å². The number of carbonyl (C=O) groups is 3. The van der Waals surface area contributed by atoms with Crippen LogP contribution in [-0.4, -0.2) is 61.1 Å². The largest absolute Gasteiger partial charge is 0.465 e. The Morgan fingerprint density at radius 2 is 1.79 bits per heavy atom. The number of rotatable bonds is 4. The SMILES string of the molecule is CC(=O)OC[C@]12CCC(C)=C[C@H]1O[C@H]1[C@@H](OC(C)=O)[C@@H](OC(C)=O)[C@]2(C)[C@]12CO2. The first-order valence-electron chi connectivity index (χ1n) is 10.0. The van der Waals surface area contributed by atoms with Crippen molar-refractivity contribution in [3.63, 3.8) is 0 Å². The number of hydrogen-bond donors (Lipinski definition) is 0. The second kappa shape index (κ2) is 6.54. The smallest absolute Gasteiger partial charge is 0.303 e. The van der Waals surface area contributed by atoms with E-state index in [9.17, 15) is 14.4 Å². The van der Waals surface area contributed by atoms with Gasteiger partial charge >= 0.3 is 17.9 Å². The standard InChI is InChI=1S/C21H28O8/c1-11-6-7-20(9-25-12(2)22)15(8-11)29-18-16(27-13(3)23)17(28-14(4)24)19(20,5)21(18)10-26-21/h8,15-18H,6-7,9-10H2,1-5H3/t15-,16+,17-,18+,19+,20-,21+/m1/s1. The third kappa shape index (κ3) is 2.68. The van der Waals surface area contributed by atoms with Crippen molar-refractivity contribution in [1.82, 2.24) is 0 Å². The number of hydrogen-bond acceptors (Lipinski definition) is 8. The molecule has 4 aliphatic rings. The van der Waals surface area contributed by atoms with Gasteiger partial charge in [-0.2, -0.15) is 0 Å². The molecule has 0 aromatic rings. The van der Waals surface area contributed by atoms with Crippen LogP contribution in [0.4, 0.5) is 0 Å². The molecule has 0 aromatic carbocycles. The van der Waals surface area contributed by atoms with Gasteiger partial charge in [0.25, 0.3) is 0 Å². The predicted molar refractivity (Wildman–Crippen MR) is 98.6 cm³/mol. The first-order chi connectivity index (χ1) is 13.6. The quantitative estimate of drug-likeness (QED) is 0.300. The van der Waals surface area contributed by atoms with Crippen molar-refractivity contribution in [2.75, 3.05) is 13.2 Å². The Hall–Kier alpha value is -1.93. The van der Waals surface area contributed by atoms with E-state index >= 15 is 0 Å². The Morgan fingerprint density at radius 1 is 1.14 bits per heavy atom. The van der Waals surface area contributed by atoms with Gasteiger partial charge in [-0.3, -0.25) is 14.4 Å². The Morgan fingerprint density at radius 3 is 2.34 bits per heavy atom. The molecule has 2 aliphatic carbocycles. The Balaban J connectivity index is 1.87. The van der Waals surface area contributed by atoms with Crippen LogP contribution in [0.2, 0.25) is 0 Å². The fourth-order valence-electron chi connectivity index (χ4n) is 5.88. The number of carbonyl (C=O) groups excluding carboxylic acids is 3. The lowest BCUT2D eigenvalue weighted by Crippen LogP contribution is -2.66. The molecule has 1 spiro atoms. The molecule has 2 bridgehead atoms. The molecule has 0 N–H and O–H groups in total. The van der Waals surface area contributed by atoms with Crippen LogP contribution < -0.4 is 0 Å². The number of epoxide rings is 1. The van der Waals surface area contributed by atoms with Gasteiger partial charge in [-0.05, 0) is 19.8 Å². The average Bonchev–Trinajstić information content (AvgIpc) is 3.40. The molecule has 0 radical (unpaired) electrons. The van der Waals surface area contributed by atoms with E-state index in [0.717, 1.165) is 6.42 Å². The predicted octanol–water partition coefficient (Wildman–Crippen LogP) is 1.70. The third-order valence-corrected chi connectivity index (χ3v) is 7.36. The van der Waals surface area contributed by atoms with Crippen LogP contribution in [0.5, 0.6) is 0 Å². The number of allylic oxidation sites excluding steroid dienone is 1. The molecular weight excluding hydrogens is 380 g/mol.